The van der Waals surface area contributed by atoms with Crippen LogP contribution in [0.3, 0.4) is 0 Å². The lowest BCUT2D eigenvalue weighted by Gasteiger charge is -2.32. The second-order valence-corrected chi connectivity index (χ2v) is 17.1. The van der Waals surface area contributed by atoms with Crippen LogP contribution < -0.4 is 26.3 Å². The molecular weight excluding hydrogens is 634 g/mol. The Hall–Kier alpha value is -5.53. The first-order chi connectivity index (χ1) is 24.3. The predicted molar refractivity (Wildman–Crippen MR) is 212 cm³/mol. The molecule has 7 rings (SSSR count). The van der Waals surface area contributed by atoms with Gasteiger partial charge in [0.1, 0.15) is 12.9 Å². The summed E-state index contributed by atoms with van der Waals surface area (Å²) in [5.41, 5.74) is 3.77. The molecular formula is C43H36N4P2. The number of anilines is 1. The molecule has 0 heterocycles. The molecule has 7 aromatic carbocycles. The maximum atomic E-state index is 6.21. The summed E-state index contributed by atoms with van der Waals surface area (Å²) in [6.45, 7) is 0. The van der Waals surface area contributed by atoms with Crippen molar-refractivity contribution >= 4 is 47.0 Å². The van der Waals surface area contributed by atoms with Gasteiger partial charge in [-0.2, -0.15) is 0 Å². The van der Waals surface area contributed by atoms with Gasteiger partial charge in [-0.15, -0.1) is 9.96 Å². The SMILES string of the molecule is c1ccc(NP(=NP(=NN=C(c2ccccc2)c2ccccc2)(c2ccccc2)c2ccccc2)(c2ccccc2)c2ccccc2)cc1. The molecule has 0 aromatic heterocycles. The van der Waals surface area contributed by atoms with Crippen LogP contribution in [-0.2, 0) is 0 Å². The van der Waals surface area contributed by atoms with Crippen LogP contribution in [-0.4, -0.2) is 5.71 Å². The smallest absolute Gasteiger partial charge is 0.159 e. The Balaban J connectivity index is 1.67. The van der Waals surface area contributed by atoms with Gasteiger partial charge in [-0.1, -0.05) is 200 Å². The molecule has 4 nitrogen and oxygen atoms in total. The van der Waals surface area contributed by atoms with Crippen LogP contribution in [0.15, 0.2) is 227 Å². The molecule has 7 aromatic rings. The van der Waals surface area contributed by atoms with E-state index in [2.05, 4.69) is 163 Å². The highest BCUT2D eigenvalue weighted by Gasteiger charge is 2.33. The van der Waals surface area contributed by atoms with Crippen molar-refractivity contribution in [3.8, 4) is 0 Å². The fourth-order valence-corrected chi connectivity index (χ4v) is 13.5. The molecule has 0 atom stereocenters. The zero-order chi connectivity index (χ0) is 33.2. The third-order valence-electron chi connectivity index (χ3n) is 8.19. The molecule has 0 radical (unpaired) electrons. The van der Waals surface area contributed by atoms with Crippen molar-refractivity contribution in [3.05, 3.63) is 223 Å². The van der Waals surface area contributed by atoms with E-state index in [4.69, 9.17) is 14.5 Å². The number of para-hydroxylation sites is 1. The number of hydrogen-bond acceptors (Lipinski definition) is 1. The van der Waals surface area contributed by atoms with Crippen LogP contribution in [0.4, 0.5) is 5.69 Å². The van der Waals surface area contributed by atoms with Crippen LogP contribution in [0.25, 0.3) is 0 Å². The zero-order valence-corrected chi connectivity index (χ0v) is 28.7. The molecule has 0 fully saturated rings. The van der Waals surface area contributed by atoms with Crippen LogP contribution in [0.1, 0.15) is 11.1 Å². The molecule has 0 unspecified atom stereocenters. The molecule has 49 heavy (non-hydrogen) atoms. The van der Waals surface area contributed by atoms with E-state index in [-0.39, 0.29) is 0 Å². The first-order valence-corrected chi connectivity index (χ1v) is 19.7. The first kappa shape index (κ1) is 32.0. The van der Waals surface area contributed by atoms with Gasteiger partial charge in [0.2, 0.25) is 0 Å². The van der Waals surface area contributed by atoms with Gasteiger partial charge in [0.15, 0.2) is 7.21 Å². The van der Waals surface area contributed by atoms with E-state index < -0.39 is 14.4 Å². The second kappa shape index (κ2) is 15.1. The minimum Gasteiger partial charge on any atom is -0.345 e. The van der Waals surface area contributed by atoms with Crippen LogP contribution in [0, 0.1) is 0 Å². The van der Waals surface area contributed by atoms with Crippen molar-refractivity contribution < 1.29 is 0 Å². The molecule has 0 saturated heterocycles. The van der Waals surface area contributed by atoms with E-state index in [1.807, 2.05) is 54.6 Å². The fourth-order valence-electron chi connectivity index (χ4n) is 5.81. The Labute approximate surface area is 289 Å². The lowest BCUT2D eigenvalue weighted by molar-refractivity contribution is 1.25. The quantitative estimate of drug-likeness (QED) is 0.0879. The number of nitrogens with one attached hydrogen (secondary N) is 1. The summed E-state index contributed by atoms with van der Waals surface area (Å²) in [6, 6.07) is 73.2. The highest BCUT2D eigenvalue weighted by Crippen LogP contribution is 2.61. The topological polar surface area (TPSA) is 49.1 Å². The molecule has 6 heteroatoms. The zero-order valence-electron chi connectivity index (χ0n) is 26.9. The Morgan fingerprint density at radius 1 is 0.367 bits per heavy atom. The summed E-state index contributed by atoms with van der Waals surface area (Å²) in [7, 11) is -5.85. The van der Waals surface area contributed by atoms with Gasteiger partial charge in [0.05, 0.1) is 0 Å². The van der Waals surface area contributed by atoms with Gasteiger partial charge in [0.25, 0.3) is 0 Å². The molecule has 0 aliphatic heterocycles. The summed E-state index contributed by atoms with van der Waals surface area (Å²) in [5, 5.41) is 13.5. The molecule has 0 aliphatic rings. The maximum absolute atomic E-state index is 6.21. The Kier molecular flexibility index (Phi) is 9.90. The molecule has 0 bridgehead atoms. The minimum absolute atomic E-state index is 0.798. The fraction of sp³-hybridized carbons (Fsp3) is 0. The van der Waals surface area contributed by atoms with Gasteiger partial charge in [0, 0.05) is 38.0 Å². The van der Waals surface area contributed by atoms with Crippen LogP contribution in [0.5, 0.6) is 0 Å². The van der Waals surface area contributed by atoms with E-state index in [0.29, 0.717) is 0 Å². The number of hydrogen-bond donors (Lipinski definition) is 1. The lowest BCUT2D eigenvalue weighted by atomic mass is 10.0. The number of nitrogens with zero attached hydrogens (tertiary/aromatic N) is 3. The van der Waals surface area contributed by atoms with Crippen LogP contribution in [0.2, 0.25) is 0 Å². The highest BCUT2D eigenvalue weighted by atomic mass is 31.2. The van der Waals surface area contributed by atoms with Gasteiger partial charge >= 0.3 is 0 Å². The molecule has 1 N–H and O–H groups in total. The van der Waals surface area contributed by atoms with Gasteiger partial charge < -0.3 is 5.09 Å². The molecule has 0 amide bonds. The molecule has 238 valence electrons. The lowest BCUT2D eigenvalue weighted by Crippen LogP contribution is -2.24. The van der Waals surface area contributed by atoms with E-state index in [1.165, 1.54) is 0 Å². The molecule has 0 spiro atoms. The van der Waals surface area contributed by atoms with E-state index in [0.717, 1.165) is 43.7 Å². The summed E-state index contributed by atoms with van der Waals surface area (Å²) >= 11 is 0. The van der Waals surface area contributed by atoms with E-state index in [1.54, 1.807) is 0 Å². The summed E-state index contributed by atoms with van der Waals surface area (Å²) < 4.78 is 6.21. The Bertz CT molecular complexity index is 2100. The van der Waals surface area contributed by atoms with Crippen molar-refractivity contribution in [2.75, 3.05) is 5.09 Å². The van der Waals surface area contributed by atoms with Gasteiger partial charge in [-0.05, 0) is 12.1 Å². The number of benzene rings is 7. The normalized spacial score (nSPS) is 11.3. The van der Waals surface area contributed by atoms with E-state index >= 15 is 0 Å². The molecule has 0 aliphatic carbocycles. The van der Waals surface area contributed by atoms with Crippen molar-refractivity contribution in [2.24, 2.45) is 14.5 Å². The third kappa shape index (κ3) is 7.03. The van der Waals surface area contributed by atoms with Crippen molar-refractivity contribution in [1.29, 1.82) is 0 Å². The Morgan fingerprint density at radius 2 is 0.694 bits per heavy atom. The summed E-state index contributed by atoms with van der Waals surface area (Å²) in [5.74, 6) is 0. The van der Waals surface area contributed by atoms with Crippen LogP contribution >= 0.6 is 14.4 Å². The third-order valence-corrected chi connectivity index (χ3v) is 15.4. The largest absolute Gasteiger partial charge is 0.345 e. The second-order valence-electron chi connectivity index (χ2n) is 11.4. The summed E-state index contributed by atoms with van der Waals surface area (Å²) in [4.78, 5) is 5.55. The monoisotopic (exact) mass is 670 g/mol. The average Bonchev–Trinajstić information content (AvgIpc) is 3.20. The summed E-state index contributed by atoms with van der Waals surface area (Å²) in [6.07, 6.45) is 0. The standard InChI is InChI=1S/C43H36N4P2/c1-8-22-36(23-9-1)43(37-24-10-2-11-25-37)44-46-49(41-32-18-6-19-33-41,42-34-20-7-21-35-42)47-48(39-28-14-4-15-29-39,40-30-16-5-17-31-40)45-38-26-12-3-13-27-38/h1-35,45H. The maximum Gasteiger partial charge on any atom is 0.159 e. The van der Waals surface area contributed by atoms with Gasteiger partial charge in [-0.3, -0.25) is 0 Å². The predicted octanol–water partition coefficient (Wildman–Crippen LogP) is 10.1. The van der Waals surface area contributed by atoms with Gasteiger partial charge in [-0.25, -0.2) is 4.52 Å². The number of rotatable bonds is 10. The average molecular weight is 671 g/mol. The van der Waals surface area contributed by atoms with E-state index in [9.17, 15) is 0 Å². The first-order valence-electron chi connectivity index (χ1n) is 16.3. The van der Waals surface area contributed by atoms with Crippen molar-refractivity contribution in [3.63, 3.8) is 0 Å². The minimum atomic E-state index is -3.04. The van der Waals surface area contributed by atoms with Crippen molar-refractivity contribution in [2.45, 2.75) is 0 Å². The molecule has 0 saturated carbocycles. The highest BCUT2D eigenvalue weighted by molar-refractivity contribution is 7.91. The van der Waals surface area contributed by atoms with Crippen molar-refractivity contribution in [1.82, 2.24) is 0 Å². The Morgan fingerprint density at radius 3 is 1.08 bits per heavy atom.